The smallest absolute Gasteiger partial charge is 0.203 e. The summed E-state index contributed by atoms with van der Waals surface area (Å²) in [6.07, 6.45) is 9.13. The van der Waals surface area contributed by atoms with Gasteiger partial charge < -0.3 is 24.4 Å². The van der Waals surface area contributed by atoms with E-state index in [4.69, 9.17) is 14.2 Å². The molecule has 2 aromatic carbocycles. The van der Waals surface area contributed by atoms with Gasteiger partial charge in [0.1, 0.15) is 5.75 Å². The summed E-state index contributed by atoms with van der Waals surface area (Å²) < 4.78 is 16.1. The summed E-state index contributed by atoms with van der Waals surface area (Å²) in [5.74, 6) is 2.78. The molecule has 0 aromatic heterocycles. The molecule has 2 fully saturated rings. The Kier molecular flexibility index (Phi) is 6.50. The Morgan fingerprint density at radius 2 is 1.72 bits per heavy atom. The maximum Gasteiger partial charge on any atom is 0.203 e. The Labute approximate surface area is 212 Å². The minimum Gasteiger partial charge on any atom is -0.507 e. The second kappa shape index (κ2) is 9.47. The number of aryl methyl sites for hydroxylation is 1. The molecule has 6 nitrogen and oxygen atoms in total. The van der Waals surface area contributed by atoms with Crippen LogP contribution in [0, 0.1) is 17.3 Å². The Morgan fingerprint density at radius 1 is 1.00 bits per heavy atom. The number of benzene rings is 2. The second-order valence-corrected chi connectivity index (χ2v) is 10.8. The third-order valence-corrected chi connectivity index (χ3v) is 9.19. The monoisotopic (exact) mass is 492 g/mol. The second-order valence-electron chi connectivity index (χ2n) is 10.8. The van der Waals surface area contributed by atoms with Gasteiger partial charge in [-0.25, -0.2) is 0 Å². The third-order valence-electron chi connectivity index (χ3n) is 9.19. The van der Waals surface area contributed by atoms with Crippen LogP contribution in [0.25, 0.3) is 6.08 Å². The Balaban J connectivity index is 1.42. The molecule has 0 aliphatic heterocycles. The molecule has 3 aliphatic carbocycles. The highest BCUT2D eigenvalue weighted by Gasteiger charge is 2.54. The predicted octanol–water partition coefficient (Wildman–Crippen LogP) is 5.53. The molecular formula is C30H36O6. The van der Waals surface area contributed by atoms with E-state index >= 15 is 0 Å². The Morgan fingerprint density at radius 3 is 2.39 bits per heavy atom. The number of phenols is 1. The average molecular weight is 493 g/mol. The highest BCUT2D eigenvalue weighted by atomic mass is 16.5. The van der Waals surface area contributed by atoms with Gasteiger partial charge in [0.05, 0.1) is 27.4 Å². The van der Waals surface area contributed by atoms with E-state index in [1.807, 2.05) is 6.07 Å². The average Bonchev–Trinajstić information content (AvgIpc) is 3.20. The van der Waals surface area contributed by atoms with E-state index < -0.39 is 0 Å². The summed E-state index contributed by atoms with van der Waals surface area (Å²) in [5, 5.41) is 21.4. The van der Waals surface area contributed by atoms with Crippen molar-refractivity contribution in [2.45, 2.75) is 57.5 Å². The van der Waals surface area contributed by atoms with Crippen LogP contribution in [-0.4, -0.2) is 43.4 Å². The van der Waals surface area contributed by atoms with Gasteiger partial charge in [0, 0.05) is 11.1 Å². The number of hydrogen-bond donors (Lipinski definition) is 2. The molecule has 0 spiro atoms. The highest BCUT2D eigenvalue weighted by Crippen LogP contribution is 2.61. The SMILES string of the molecule is COc1cc(C(=O)/C=C/c2cc3c(cc2O)CC[C@@H]2[C@@H]3CC[C@]3(C)[C@@H](O)CC[C@@H]23)cc(OC)c1OC. The molecule has 6 heteroatoms. The topological polar surface area (TPSA) is 85.2 Å². The predicted molar refractivity (Wildman–Crippen MR) is 138 cm³/mol. The fourth-order valence-corrected chi connectivity index (χ4v) is 7.22. The van der Waals surface area contributed by atoms with E-state index in [9.17, 15) is 15.0 Å². The molecular weight excluding hydrogens is 456 g/mol. The van der Waals surface area contributed by atoms with E-state index in [2.05, 4.69) is 13.0 Å². The van der Waals surface area contributed by atoms with Crippen molar-refractivity contribution in [3.8, 4) is 23.0 Å². The third kappa shape index (κ3) is 3.96. The van der Waals surface area contributed by atoms with Crippen LogP contribution in [0.5, 0.6) is 23.0 Å². The van der Waals surface area contributed by atoms with Gasteiger partial charge in [-0.15, -0.1) is 0 Å². The van der Waals surface area contributed by atoms with Crippen LogP contribution >= 0.6 is 0 Å². The normalized spacial score (nSPS) is 28.8. The molecule has 2 aromatic rings. The number of ether oxygens (including phenoxy) is 3. The van der Waals surface area contributed by atoms with Crippen LogP contribution in [0.1, 0.15) is 72.0 Å². The summed E-state index contributed by atoms with van der Waals surface area (Å²) in [6.45, 7) is 2.28. The molecule has 0 saturated heterocycles. The largest absolute Gasteiger partial charge is 0.507 e. The number of carbonyl (C=O) groups is 1. The minimum atomic E-state index is -0.224. The number of phenolic OH excluding ortho intramolecular Hbond substituents is 1. The van der Waals surface area contributed by atoms with Crippen molar-refractivity contribution in [3.63, 3.8) is 0 Å². The molecule has 192 valence electrons. The number of rotatable bonds is 6. The number of fused-ring (bicyclic) bond motifs is 5. The lowest BCUT2D eigenvalue weighted by Gasteiger charge is -2.50. The van der Waals surface area contributed by atoms with Crippen LogP contribution in [0.3, 0.4) is 0 Å². The summed E-state index contributed by atoms with van der Waals surface area (Å²) in [4.78, 5) is 13.0. The van der Waals surface area contributed by atoms with Gasteiger partial charge in [-0.1, -0.05) is 6.92 Å². The maximum atomic E-state index is 13.0. The molecule has 36 heavy (non-hydrogen) atoms. The number of ketones is 1. The van der Waals surface area contributed by atoms with Gasteiger partial charge >= 0.3 is 0 Å². The van der Waals surface area contributed by atoms with Gasteiger partial charge in [0.15, 0.2) is 17.3 Å². The molecule has 5 rings (SSSR count). The molecule has 2 N–H and O–H groups in total. The molecule has 0 heterocycles. The number of aliphatic hydroxyl groups excluding tert-OH is 1. The van der Waals surface area contributed by atoms with Gasteiger partial charge in [0.2, 0.25) is 5.75 Å². The van der Waals surface area contributed by atoms with Gasteiger partial charge in [0.25, 0.3) is 0 Å². The van der Waals surface area contributed by atoms with Gasteiger partial charge in [-0.05, 0) is 109 Å². The highest BCUT2D eigenvalue weighted by molar-refractivity contribution is 6.07. The van der Waals surface area contributed by atoms with E-state index in [-0.39, 0.29) is 23.1 Å². The lowest BCUT2D eigenvalue weighted by molar-refractivity contribution is -0.0226. The van der Waals surface area contributed by atoms with E-state index in [0.717, 1.165) is 38.5 Å². The van der Waals surface area contributed by atoms with E-state index in [1.54, 1.807) is 18.2 Å². The minimum absolute atomic E-state index is 0.0330. The molecule has 5 atom stereocenters. The first kappa shape index (κ1) is 24.7. The van der Waals surface area contributed by atoms with E-state index in [1.165, 1.54) is 38.5 Å². The van der Waals surface area contributed by atoms with Crippen LogP contribution < -0.4 is 14.2 Å². The van der Waals surface area contributed by atoms with E-state index in [0.29, 0.717) is 46.1 Å². The summed E-state index contributed by atoms with van der Waals surface area (Å²) in [5.41, 5.74) is 3.60. The van der Waals surface area contributed by atoms with Gasteiger partial charge in [-0.2, -0.15) is 0 Å². The first-order valence-electron chi connectivity index (χ1n) is 12.9. The standard InChI is InChI=1S/C30H36O6/c1-30-12-11-20-21(23(30)8-10-28(30)33)7-5-17-14-25(32)18(13-22(17)20)6-9-24(31)19-15-26(34-2)29(36-4)27(16-19)35-3/h6,9,13-16,20-21,23,28,32-33H,5,7-8,10-12H2,1-4H3/b9-6+/t20-,21+,23-,28-,30-/m0/s1. The van der Waals surface area contributed by atoms with Crippen molar-refractivity contribution in [3.05, 3.63) is 52.6 Å². The van der Waals surface area contributed by atoms with Crippen LogP contribution in [0.2, 0.25) is 0 Å². The van der Waals surface area contributed by atoms with Crippen molar-refractivity contribution in [2.75, 3.05) is 21.3 Å². The Bertz CT molecular complexity index is 1180. The van der Waals surface area contributed by atoms with Crippen molar-refractivity contribution in [2.24, 2.45) is 17.3 Å². The van der Waals surface area contributed by atoms with Crippen molar-refractivity contribution < 1.29 is 29.2 Å². The fraction of sp³-hybridized carbons (Fsp3) is 0.500. The van der Waals surface area contributed by atoms with Crippen LogP contribution in [0.4, 0.5) is 0 Å². The lowest BCUT2D eigenvalue weighted by atomic mass is 9.55. The summed E-state index contributed by atoms with van der Waals surface area (Å²) in [6, 6.07) is 7.21. The number of methoxy groups -OCH3 is 3. The molecule has 3 aliphatic rings. The zero-order valence-electron chi connectivity index (χ0n) is 21.5. The molecule has 0 radical (unpaired) electrons. The molecule has 0 amide bonds. The zero-order valence-corrected chi connectivity index (χ0v) is 21.5. The lowest BCUT2D eigenvalue weighted by Crippen LogP contribution is -2.43. The number of aromatic hydroxyl groups is 1. The zero-order chi connectivity index (χ0) is 25.6. The van der Waals surface area contributed by atoms with Crippen molar-refractivity contribution in [1.29, 1.82) is 0 Å². The maximum absolute atomic E-state index is 13.0. The molecule has 2 saturated carbocycles. The Hall–Kier alpha value is -2.99. The number of hydrogen-bond acceptors (Lipinski definition) is 6. The fourth-order valence-electron chi connectivity index (χ4n) is 7.22. The van der Waals surface area contributed by atoms with Gasteiger partial charge in [-0.3, -0.25) is 4.79 Å². The summed E-state index contributed by atoms with van der Waals surface area (Å²) in [7, 11) is 4.55. The van der Waals surface area contributed by atoms with Crippen molar-refractivity contribution in [1.82, 2.24) is 0 Å². The molecule has 0 unspecified atom stereocenters. The number of carbonyl (C=O) groups excluding carboxylic acids is 1. The quantitative estimate of drug-likeness (QED) is 0.407. The molecule has 0 bridgehead atoms. The number of aliphatic hydroxyl groups is 1. The van der Waals surface area contributed by atoms with Crippen LogP contribution in [0.15, 0.2) is 30.3 Å². The first-order chi connectivity index (χ1) is 17.3. The first-order valence-corrected chi connectivity index (χ1v) is 12.9. The van der Waals surface area contributed by atoms with Crippen molar-refractivity contribution >= 4 is 11.9 Å². The van der Waals surface area contributed by atoms with Crippen LogP contribution in [-0.2, 0) is 6.42 Å². The summed E-state index contributed by atoms with van der Waals surface area (Å²) >= 11 is 0. The number of allylic oxidation sites excluding steroid dienone is 1.